The lowest BCUT2D eigenvalue weighted by molar-refractivity contribution is 0.101. The van der Waals surface area contributed by atoms with Crippen LogP contribution in [0, 0.1) is 6.92 Å². The number of rotatable bonds is 4. The van der Waals surface area contributed by atoms with Crippen LogP contribution in [-0.4, -0.2) is 20.7 Å². The van der Waals surface area contributed by atoms with Gasteiger partial charge in [-0.05, 0) is 38.0 Å². The minimum absolute atomic E-state index is 0.209. The molecule has 0 aromatic carbocycles. The highest BCUT2D eigenvalue weighted by molar-refractivity contribution is 6.03. The lowest BCUT2D eigenvalue weighted by Gasteiger charge is -2.08. The van der Waals surface area contributed by atoms with Crippen molar-refractivity contribution >= 4 is 17.4 Å². The molecule has 3 N–H and O–H groups in total. The van der Waals surface area contributed by atoms with Crippen LogP contribution in [0.3, 0.4) is 0 Å². The third kappa shape index (κ3) is 2.79. The van der Waals surface area contributed by atoms with E-state index in [9.17, 15) is 4.79 Å². The Kier molecular flexibility index (Phi) is 4.02. The zero-order chi connectivity index (χ0) is 14.7. The molecule has 106 valence electrons. The number of carbonyl (C=O) groups excluding carboxylic acids is 1. The molecule has 2 rings (SSSR count). The van der Waals surface area contributed by atoms with E-state index in [1.165, 1.54) is 6.20 Å². The van der Waals surface area contributed by atoms with Crippen LogP contribution >= 0.6 is 0 Å². The zero-order valence-corrected chi connectivity index (χ0v) is 12.0. The fraction of sp³-hybridized carbons (Fsp3) is 0.357. The van der Waals surface area contributed by atoms with E-state index in [4.69, 9.17) is 5.73 Å². The van der Waals surface area contributed by atoms with Gasteiger partial charge in [-0.3, -0.25) is 9.48 Å². The van der Waals surface area contributed by atoms with Crippen molar-refractivity contribution in [2.75, 3.05) is 11.1 Å². The lowest BCUT2D eigenvalue weighted by Crippen LogP contribution is -2.18. The molecule has 1 amide bonds. The molecule has 0 radical (unpaired) electrons. The number of nitrogen functional groups attached to an aromatic ring is 1. The van der Waals surface area contributed by atoms with E-state index in [1.54, 1.807) is 10.7 Å². The second kappa shape index (κ2) is 5.73. The summed E-state index contributed by atoms with van der Waals surface area (Å²) in [5.74, 6) is 0.311. The van der Waals surface area contributed by atoms with Crippen molar-refractivity contribution in [3.8, 4) is 0 Å². The van der Waals surface area contributed by atoms with E-state index >= 15 is 0 Å². The Balaban J connectivity index is 2.25. The van der Waals surface area contributed by atoms with Crippen molar-refractivity contribution in [2.45, 2.75) is 33.7 Å². The predicted molar refractivity (Wildman–Crippen MR) is 78.6 cm³/mol. The summed E-state index contributed by atoms with van der Waals surface area (Å²) in [6.45, 7) is 6.47. The number of hydrogen-bond donors (Lipinski definition) is 2. The third-order valence-corrected chi connectivity index (χ3v) is 3.06. The van der Waals surface area contributed by atoms with E-state index in [2.05, 4.69) is 15.4 Å². The summed E-state index contributed by atoms with van der Waals surface area (Å²) in [6, 6.07) is 3.59. The molecule has 20 heavy (non-hydrogen) atoms. The van der Waals surface area contributed by atoms with Crippen LogP contribution in [0.25, 0.3) is 0 Å². The molecule has 0 fully saturated rings. The number of nitrogens with two attached hydrogens (primary N) is 1. The molecule has 0 bridgehead atoms. The van der Waals surface area contributed by atoms with Gasteiger partial charge < -0.3 is 11.1 Å². The average Bonchev–Trinajstić information content (AvgIpc) is 2.85. The summed E-state index contributed by atoms with van der Waals surface area (Å²) in [5.41, 5.74) is 8.50. The van der Waals surface area contributed by atoms with Crippen LogP contribution in [0.5, 0.6) is 0 Å². The van der Waals surface area contributed by atoms with Crippen LogP contribution in [0.2, 0.25) is 0 Å². The molecular formula is C14H19N5O. The van der Waals surface area contributed by atoms with Gasteiger partial charge in [0.25, 0.3) is 5.91 Å². The molecule has 6 nitrogen and oxygen atoms in total. The minimum Gasteiger partial charge on any atom is -0.397 e. The van der Waals surface area contributed by atoms with Crippen molar-refractivity contribution < 1.29 is 4.79 Å². The van der Waals surface area contributed by atoms with Crippen LogP contribution in [0.4, 0.5) is 11.5 Å². The van der Waals surface area contributed by atoms with Crippen molar-refractivity contribution in [3.63, 3.8) is 0 Å². The van der Waals surface area contributed by atoms with Gasteiger partial charge in [-0.2, -0.15) is 5.10 Å². The van der Waals surface area contributed by atoms with Gasteiger partial charge in [0.15, 0.2) is 0 Å². The fourth-order valence-corrected chi connectivity index (χ4v) is 1.97. The largest absolute Gasteiger partial charge is 0.397 e. The number of carbonyl (C=O) groups is 1. The number of amides is 1. The van der Waals surface area contributed by atoms with E-state index in [0.29, 0.717) is 23.7 Å². The summed E-state index contributed by atoms with van der Waals surface area (Å²) in [5, 5.41) is 7.16. The first-order valence-electron chi connectivity index (χ1n) is 6.65. The van der Waals surface area contributed by atoms with Crippen molar-refractivity contribution in [2.24, 2.45) is 0 Å². The lowest BCUT2D eigenvalue weighted by atomic mass is 10.2. The highest BCUT2D eigenvalue weighted by Crippen LogP contribution is 2.15. The first-order chi connectivity index (χ1) is 9.55. The Morgan fingerprint density at radius 2 is 2.15 bits per heavy atom. The first-order valence-corrected chi connectivity index (χ1v) is 6.65. The molecule has 0 aliphatic carbocycles. The number of nitrogens with one attached hydrogen (secondary N) is 1. The number of nitrogens with zero attached hydrogens (tertiary/aromatic N) is 3. The normalized spacial score (nSPS) is 10.6. The first kappa shape index (κ1) is 14.0. The number of hydrogen-bond acceptors (Lipinski definition) is 4. The molecule has 2 aromatic heterocycles. The van der Waals surface area contributed by atoms with Gasteiger partial charge in [-0.15, -0.1) is 0 Å². The second-order valence-electron chi connectivity index (χ2n) is 4.58. The van der Waals surface area contributed by atoms with Gasteiger partial charge in [-0.25, -0.2) is 4.98 Å². The Hall–Kier alpha value is -2.37. The van der Waals surface area contributed by atoms with E-state index in [1.807, 2.05) is 26.8 Å². The van der Waals surface area contributed by atoms with Crippen molar-refractivity contribution in [1.82, 2.24) is 14.8 Å². The van der Waals surface area contributed by atoms with Gasteiger partial charge >= 0.3 is 0 Å². The fourth-order valence-electron chi connectivity index (χ4n) is 1.97. The predicted octanol–water partition coefficient (Wildman–Crippen LogP) is 2.00. The molecule has 0 saturated heterocycles. The maximum absolute atomic E-state index is 12.3. The second-order valence-corrected chi connectivity index (χ2v) is 4.58. The molecule has 0 aliphatic rings. The molecule has 0 spiro atoms. The molecular weight excluding hydrogens is 254 g/mol. The van der Waals surface area contributed by atoms with E-state index < -0.39 is 0 Å². The quantitative estimate of drug-likeness (QED) is 0.892. The molecule has 0 unspecified atom stereocenters. The summed E-state index contributed by atoms with van der Waals surface area (Å²) in [6.07, 6.45) is 2.32. The molecule has 0 atom stereocenters. The van der Waals surface area contributed by atoms with Crippen LogP contribution < -0.4 is 11.1 Å². The Morgan fingerprint density at radius 3 is 2.75 bits per heavy atom. The Labute approximate surface area is 118 Å². The number of aryl methyl sites for hydroxylation is 3. The summed E-state index contributed by atoms with van der Waals surface area (Å²) in [7, 11) is 0. The summed E-state index contributed by atoms with van der Waals surface area (Å²) >= 11 is 0. The number of aromatic nitrogens is 3. The van der Waals surface area contributed by atoms with Crippen LogP contribution in [0.1, 0.15) is 35.6 Å². The van der Waals surface area contributed by atoms with Gasteiger partial charge in [0, 0.05) is 6.54 Å². The van der Waals surface area contributed by atoms with Crippen LogP contribution in [-0.2, 0) is 13.0 Å². The molecule has 6 heteroatoms. The molecule has 2 heterocycles. The SMILES string of the molecule is CCc1cc(C(=O)Nc2ncc(N)cc2C)n(CC)n1. The topological polar surface area (TPSA) is 85.8 Å². The Morgan fingerprint density at radius 1 is 1.40 bits per heavy atom. The van der Waals surface area contributed by atoms with Gasteiger partial charge in [0.05, 0.1) is 17.6 Å². The van der Waals surface area contributed by atoms with Crippen molar-refractivity contribution in [3.05, 3.63) is 35.3 Å². The van der Waals surface area contributed by atoms with E-state index in [-0.39, 0.29) is 5.91 Å². The maximum Gasteiger partial charge on any atom is 0.275 e. The highest BCUT2D eigenvalue weighted by Gasteiger charge is 2.15. The number of anilines is 2. The monoisotopic (exact) mass is 273 g/mol. The highest BCUT2D eigenvalue weighted by atomic mass is 16.2. The Bertz CT molecular complexity index is 632. The third-order valence-electron chi connectivity index (χ3n) is 3.06. The minimum atomic E-state index is -0.209. The zero-order valence-electron chi connectivity index (χ0n) is 12.0. The van der Waals surface area contributed by atoms with Gasteiger partial charge in [-0.1, -0.05) is 6.92 Å². The van der Waals surface area contributed by atoms with Gasteiger partial charge in [0.1, 0.15) is 11.5 Å². The molecule has 0 aliphatic heterocycles. The standard InChI is InChI=1S/C14H19N5O/c1-4-11-7-12(19(5-2)18-11)14(20)17-13-9(3)6-10(15)8-16-13/h6-8H,4-5,15H2,1-3H3,(H,16,17,20). The summed E-state index contributed by atoms with van der Waals surface area (Å²) in [4.78, 5) is 16.5. The molecule has 2 aromatic rings. The smallest absolute Gasteiger partial charge is 0.275 e. The number of pyridine rings is 1. The van der Waals surface area contributed by atoms with E-state index in [0.717, 1.165) is 17.7 Å². The average molecular weight is 273 g/mol. The summed E-state index contributed by atoms with van der Waals surface area (Å²) < 4.78 is 1.70. The van der Waals surface area contributed by atoms with Crippen LogP contribution in [0.15, 0.2) is 18.3 Å². The van der Waals surface area contributed by atoms with Crippen molar-refractivity contribution in [1.29, 1.82) is 0 Å². The van der Waals surface area contributed by atoms with Gasteiger partial charge in [0.2, 0.25) is 0 Å². The maximum atomic E-state index is 12.3. The molecule has 0 saturated carbocycles.